The fourth-order valence-electron chi connectivity index (χ4n) is 3.40. The van der Waals surface area contributed by atoms with Gasteiger partial charge >= 0.3 is 0 Å². The molecule has 2 aromatic rings. The molecule has 0 bridgehead atoms. The molecule has 2 N–H and O–H groups in total. The number of hydrogen-bond donors (Lipinski definition) is 2. The number of methoxy groups -OCH3 is 2. The minimum Gasteiger partial charge on any atom is -0.493 e. The fraction of sp³-hybridized carbons (Fsp3) is 0.550. The summed E-state index contributed by atoms with van der Waals surface area (Å²) in [7, 11) is 5.02. The molecule has 1 aliphatic heterocycles. The first-order chi connectivity index (χ1) is 14.6. The van der Waals surface area contributed by atoms with Gasteiger partial charge in [0.25, 0.3) is 0 Å². The van der Waals surface area contributed by atoms with Gasteiger partial charge in [0.2, 0.25) is 5.89 Å². The fourth-order valence-corrected chi connectivity index (χ4v) is 3.40. The van der Waals surface area contributed by atoms with Crippen LogP contribution in [0.25, 0.3) is 0 Å². The van der Waals surface area contributed by atoms with Crippen molar-refractivity contribution >= 4 is 5.96 Å². The number of hydrogen-bond acceptors (Lipinski definition) is 8. The van der Waals surface area contributed by atoms with Crippen LogP contribution in [0.2, 0.25) is 0 Å². The van der Waals surface area contributed by atoms with Crippen LogP contribution >= 0.6 is 0 Å². The molecule has 164 valence electrons. The van der Waals surface area contributed by atoms with Crippen LogP contribution < -0.4 is 20.1 Å². The molecule has 0 amide bonds. The summed E-state index contributed by atoms with van der Waals surface area (Å²) in [6.07, 6.45) is 0. The third-order valence-electron chi connectivity index (χ3n) is 4.95. The molecule has 1 aromatic heterocycles. The highest BCUT2D eigenvalue weighted by molar-refractivity contribution is 5.79. The van der Waals surface area contributed by atoms with Crippen LogP contribution in [-0.2, 0) is 11.3 Å². The first-order valence-corrected chi connectivity index (χ1v) is 9.92. The minimum atomic E-state index is 0.111. The van der Waals surface area contributed by atoms with Crippen molar-refractivity contribution in [3.8, 4) is 11.5 Å². The Morgan fingerprint density at radius 1 is 1.20 bits per heavy atom. The predicted octanol–water partition coefficient (Wildman–Crippen LogP) is 1.13. The maximum Gasteiger partial charge on any atom is 0.223 e. The van der Waals surface area contributed by atoms with E-state index in [1.165, 1.54) is 0 Å². The third-order valence-corrected chi connectivity index (χ3v) is 4.95. The molecule has 1 fully saturated rings. The zero-order chi connectivity index (χ0) is 21.3. The first-order valence-electron chi connectivity index (χ1n) is 9.92. The van der Waals surface area contributed by atoms with Crippen molar-refractivity contribution in [3.05, 3.63) is 35.5 Å². The summed E-state index contributed by atoms with van der Waals surface area (Å²) in [4.78, 5) is 10.9. The molecule has 10 nitrogen and oxygen atoms in total. The van der Waals surface area contributed by atoms with E-state index in [-0.39, 0.29) is 6.04 Å². The van der Waals surface area contributed by atoms with Crippen molar-refractivity contribution in [1.29, 1.82) is 0 Å². The molecule has 1 saturated heterocycles. The Morgan fingerprint density at radius 3 is 2.60 bits per heavy atom. The number of guanidine groups is 1. The maximum atomic E-state index is 5.54. The van der Waals surface area contributed by atoms with E-state index >= 15 is 0 Å². The van der Waals surface area contributed by atoms with Crippen LogP contribution in [-0.4, -0.2) is 75.1 Å². The third kappa shape index (κ3) is 5.61. The molecule has 1 atom stereocenters. The number of ether oxygens (including phenoxy) is 3. The Labute approximate surface area is 176 Å². The summed E-state index contributed by atoms with van der Waals surface area (Å²) >= 11 is 0. The zero-order valence-corrected chi connectivity index (χ0v) is 18.0. The van der Waals surface area contributed by atoms with Gasteiger partial charge in [-0.25, -0.2) is 0 Å². The van der Waals surface area contributed by atoms with Gasteiger partial charge in [0.05, 0.1) is 40.0 Å². The summed E-state index contributed by atoms with van der Waals surface area (Å²) in [6, 6.07) is 6.15. The van der Waals surface area contributed by atoms with Crippen LogP contribution in [0, 0.1) is 6.92 Å². The lowest BCUT2D eigenvalue weighted by molar-refractivity contribution is 0.0169. The zero-order valence-electron chi connectivity index (χ0n) is 18.0. The Kier molecular flexibility index (Phi) is 7.86. The Morgan fingerprint density at radius 2 is 1.97 bits per heavy atom. The molecule has 10 heteroatoms. The standard InChI is InChI=1S/C20H30N6O4/c1-14-24-19(25-30-14)13-23-20(21-2)22-12-16(26-7-9-29-10-8-26)15-5-6-17(27-3)18(11-15)28-4/h5-6,11,16H,7-10,12-13H2,1-4H3,(H2,21,22,23). The minimum absolute atomic E-state index is 0.111. The lowest BCUT2D eigenvalue weighted by Crippen LogP contribution is -2.46. The highest BCUT2D eigenvalue weighted by atomic mass is 16.5. The lowest BCUT2D eigenvalue weighted by Gasteiger charge is -2.35. The van der Waals surface area contributed by atoms with Gasteiger partial charge in [-0.3, -0.25) is 9.89 Å². The van der Waals surface area contributed by atoms with E-state index in [0.29, 0.717) is 55.5 Å². The van der Waals surface area contributed by atoms with Crippen molar-refractivity contribution in [2.24, 2.45) is 4.99 Å². The van der Waals surface area contributed by atoms with Crippen LogP contribution in [0.4, 0.5) is 0 Å². The highest BCUT2D eigenvalue weighted by Gasteiger charge is 2.24. The SMILES string of the molecule is CN=C(NCc1noc(C)n1)NCC(c1ccc(OC)c(OC)c1)N1CCOCC1. The normalized spacial score (nSPS) is 16.2. The summed E-state index contributed by atoms with van der Waals surface area (Å²) in [5.41, 5.74) is 1.13. The topological polar surface area (TPSA) is 106 Å². The van der Waals surface area contributed by atoms with Gasteiger partial charge in [0.15, 0.2) is 23.3 Å². The van der Waals surface area contributed by atoms with Crippen molar-refractivity contribution < 1.29 is 18.7 Å². The van der Waals surface area contributed by atoms with E-state index in [4.69, 9.17) is 18.7 Å². The highest BCUT2D eigenvalue weighted by Crippen LogP contribution is 2.32. The van der Waals surface area contributed by atoms with Crippen molar-refractivity contribution in [1.82, 2.24) is 25.7 Å². The second kappa shape index (κ2) is 10.8. The summed E-state index contributed by atoms with van der Waals surface area (Å²) in [5.74, 6) is 3.21. The van der Waals surface area contributed by atoms with Gasteiger partial charge < -0.3 is 29.4 Å². The average Bonchev–Trinajstić information content (AvgIpc) is 3.21. The van der Waals surface area contributed by atoms with Crippen molar-refractivity contribution in [2.45, 2.75) is 19.5 Å². The van der Waals surface area contributed by atoms with Crippen molar-refractivity contribution in [3.63, 3.8) is 0 Å². The molecule has 0 saturated carbocycles. The lowest BCUT2D eigenvalue weighted by atomic mass is 10.0. The van der Waals surface area contributed by atoms with Crippen LogP contribution in [0.1, 0.15) is 23.3 Å². The smallest absolute Gasteiger partial charge is 0.223 e. The molecule has 1 aliphatic rings. The predicted molar refractivity (Wildman–Crippen MR) is 112 cm³/mol. The number of aromatic nitrogens is 2. The molecule has 1 unspecified atom stereocenters. The molecule has 2 heterocycles. The van der Waals surface area contributed by atoms with E-state index in [9.17, 15) is 0 Å². The number of aliphatic imine (C=N–C) groups is 1. The molecular formula is C20H30N6O4. The van der Waals surface area contributed by atoms with Gasteiger partial charge in [-0.05, 0) is 17.7 Å². The van der Waals surface area contributed by atoms with Crippen molar-refractivity contribution in [2.75, 3.05) is 54.1 Å². The largest absolute Gasteiger partial charge is 0.493 e. The van der Waals surface area contributed by atoms with E-state index < -0.39 is 0 Å². The Bertz CT molecular complexity index is 834. The van der Waals surface area contributed by atoms with E-state index in [2.05, 4.69) is 36.7 Å². The second-order valence-electron chi connectivity index (χ2n) is 6.81. The summed E-state index contributed by atoms with van der Waals surface area (Å²) in [6.45, 7) is 5.99. The number of benzene rings is 1. The van der Waals surface area contributed by atoms with E-state index in [1.54, 1.807) is 28.2 Å². The van der Waals surface area contributed by atoms with Crippen LogP contribution in [0.3, 0.4) is 0 Å². The number of aryl methyl sites for hydroxylation is 1. The first kappa shape index (κ1) is 21.8. The average molecular weight is 418 g/mol. The number of nitrogens with zero attached hydrogens (tertiary/aromatic N) is 4. The maximum absolute atomic E-state index is 5.54. The monoisotopic (exact) mass is 418 g/mol. The van der Waals surface area contributed by atoms with Gasteiger partial charge in [-0.1, -0.05) is 11.2 Å². The Balaban J connectivity index is 1.70. The molecule has 30 heavy (non-hydrogen) atoms. The second-order valence-corrected chi connectivity index (χ2v) is 6.81. The number of nitrogens with one attached hydrogen (secondary N) is 2. The molecule has 0 radical (unpaired) electrons. The van der Waals surface area contributed by atoms with E-state index in [1.807, 2.05) is 12.1 Å². The number of morpholine rings is 1. The summed E-state index contributed by atoms with van der Waals surface area (Å²) in [5, 5.41) is 10.5. The van der Waals surface area contributed by atoms with E-state index in [0.717, 1.165) is 18.7 Å². The molecule has 0 spiro atoms. The summed E-state index contributed by atoms with van der Waals surface area (Å²) < 4.78 is 21.4. The van der Waals surface area contributed by atoms with Crippen LogP contribution in [0.5, 0.6) is 11.5 Å². The molecular weight excluding hydrogens is 388 g/mol. The van der Waals surface area contributed by atoms with Gasteiger partial charge in [-0.15, -0.1) is 0 Å². The quantitative estimate of drug-likeness (QED) is 0.482. The van der Waals surface area contributed by atoms with Gasteiger partial charge in [-0.2, -0.15) is 4.98 Å². The van der Waals surface area contributed by atoms with Gasteiger partial charge in [0.1, 0.15) is 0 Å². The molecule has 0 aliphatic carbocycles. The molecule has 3 rings (SSSR count). The molecule has 1 aromatic carbocycles. The number of rotatable bonds is 8. The van der Waals surface area contributed by atoms with Crippen LogP contribution in [0.15, 0.2) is 27.7 Å². The Hall–Kier alpha value is -2.85. The van der Waals surface area contributed by atoms with Gasteiger partial charge in [0, 0.05) is 33.6 Å².